The van der Waals surface area contributed by atoms with E-state index >= 15 is 0 Å². The number of carbonyl (C=O) groups is 2. The molecular weight excluding hydrogens is 350 g/mol. The van der Waals surface area contributed by atoms with Crippen LogP contribution in [0, 0.1) is 20.8 Å². The fourth-order valence-corrected chi connectivity index (χ4v) is 3.30. The molecule has 3 aromatic rings. The van der Waals surface area contributed by atoms with Gasteiger partial charge in [0, 0.05) is 11.3 Å². The molecule has 0 fully saturated rings. The molecule has 4 heteroatoms. The van der Waals surface area contributed by atoms with Gasteiger partial charge in [0.2, 0.25) is 6.10 Å². The van der Waals surface area contributed by atoms with Crippen LogP contribution in [0.2, 0.25) is 0 Å². The molecular formula is C24H23NO3. The van der Waals surface area contributed by atoms with Gasteiger partial charge in [-0.15, -0.1) is 0 Å². The third-order valence-electron chi connectivity index (χ3n) is 4.49. The molecule has 3 aromatic carbocycles. The number of aryl methyl sites for hydroxylation is 3. The number of hydrogen-bond donors (Lipinski definition) is 1. The molecule has 0 saturated heterocycles. The van der Waals surface area contributed by atoms with Crippen molar-refractivity contribution in [3.8, 4) is 0 Å². The van der Waals surface area contributed by atoms with Gasteiger partial charge in [-0.2, -0.15) is 0 Å². The summed E-state index contributed by atoms with van der Waals surface area (Å²) in [5, 5.41) is 2.82. The first-order chi connectivity index (χ1) is 13.5. The van der Waals surface area contributed by atoms with Gasteiger partial charge in [0.1, 0.15) is 0 Å². The van der Waals surface area contributed by atoms with Crippen LogP contribution >= 0.6 is 0 Å². The molecule has 0 heterocycles. The van der Waals surface area contributed by atoms with Crippen LogP contribution in [0.15, 0.2) is 72.8 Å². The molecule has 1 N–H and O–H groups in total. The second kappa shape index (κ2) is 8.53. The maximum atomic E-state index is 12.9. The van der Waals surface area contributed by atoms with Crippen molar-refractivity contribution in [3.63, 3.8) is 0 Å². The lowest BCUT2D eigenvalue weighted by atomic mass is 10.00. The Morgan fingerprint density at radius 2 is 1.36 bits per heavy atom. The fourth-order valence-electron chi connectivity index (χ4n) is 3.30. The molecule has 0 radical (unpaired) electrons. The summed E-state index contributed by atoms with van der Waals surface area (Å²) >= 11 is 0. The van der Waals surface area contributed by atoms with Gasteiger partial charge < -0.3 is 10.1 Å². The van der Waals surface area contributed by atoms with Crippen LogP contribution in [0.5, 0.6) is 0 Å². The average molecular weight is 373 g/mol. The smallest absolute Gasteiger partial charge is 0.339 e. The molecule has 0 aliphatic heterocycles. The van der Waals surface area contributed by atoms with Gasteiger partial charge in [0.15, 0.2) is 0 Å². The van der Waals surface area contributed by atoms with E-state index in [0.717, 1.165) is 16.7 Å². The van der Waals surface area contributed by atoms with Crippen LogP contribution in [0.4, 0.5) is 5.69 Å². The number of benzene rings is 3. The number of anilines is 1. The van der Waals surface area contributed by atoms with E-state index in [1.165, 1.54) is 0 Å². The Morgan fingerprint density at radius 3 is 1.93 bits per heavy atom. The molecule has 0 aromatic heterocycles. The van der Waals surface area contributed by atoms with E-state index in [4.69, 9.17) is 4.74 Å². The minimum Gasteiger partial charge on any atom is -0.444 e. The zero-order valence-corrected chi connectivity index (χ0v) is 16.2. The van der Waals surface area contributed by atoms with Crippen LogP contribution < -0.4 is 5.32 Å². The molecule has 0 spiro atoms. The molecule has 0 saturated carbocycles. The van der Waals surface area contributed by atoms with Gasteiger partial charge in [-0.05, 0) is 44.0 Å². The highest BCUT2D eigenvalue weighted by atomic mass is 16.5. The lowest BCUT2D eigenvalue weighted by Crippen LogP contribution is -2.26. The number of nitrogens with one attached hydrogen (secondary N) is 1. The van der Waals surface area contributed by atoms with E-state index in [2.05, 4.69) is 5.32 Å². The van der Waals surface area contributed by atoms with Crippen molar-refractivity contribution >= 4 is 17.6 Å². The van der Waals surface area contributed by atoms with Crippen molar-refractivity contribution in [2.45, 2.75) is 26.9 Å². The SMILES string of the molecule is Cc1cc(C)c(C(=O)OC(C(=O)Nc2ccccc2)c2ccccc2)c(C)c1. The molecule has 1 unspecified atom stereocenters. The normalized spacial score (nSPS) is 11.5. The van der Waals surface area contributed by atoms with Gasteiger partial charge in [-0.25, -0.2) is 4.79 Å². The van der Waals surface area contributed by atoms with E-state index in [9.17, 15) is 9.59 Å². The number of rotatable bonds is 5. The van der Waals surface area contributed by atoms with Crippen LogP contribution in [-0.4, -0.2) is 11.9 Å². The standard InChI is InChI=1S/C24H23NO3/c1-16-14-17(2)21(18(3)15-16)24(27)28-22(19-10-6-4-7-11-19)23(26)25-20-12-8-5-9-13-20/h4-15,22H,1-3H3,(H,25,26). The molecule has 28 heavy (non-hydrogen) atoms. The molecule has 1 amide bonds. The Morgan fingerprint density at radius 1 is 0.821 bits per heavy atom. The van der Waals surface area contributed by atoms with Crippen molar-refractivity contribution in [3.05, 3.63) is 101 Å². The van der Waals surface area contributed by atoms with Gasteiger partial charge in [0.05, 0.1) is 5.56 Å². The minimum atomic E-state index is -1.05. The Bertz CT molecular complexity index is 958. The second-order valence-electron chi connectivity index (χ2n) is 6.83. The lowest BCUT2D eigenvalue weighted by Gasteiger charge is -2.19. The lowest BCUT2D eigenvalue weighted by molar-refractivity contribution is -0.125. The Balaban J connectivity index is 1.90. The summed E-state index contributed by atoms with van der Waals surface area (Å²) in [5.74, 6) is -0.903. The van der Waals surface area contributed by atoms with Crippen molar-refractivity contribution in [1.29, 1.82) is 0 Å². The largest absolute Gasteiger partial charge is 0.444 e. The summed E-state index contributed by atoms with van der Waals surface area (Å²) in [6, 6.07) is 22.0. The zero-order chi connectivity index (χ0) is 20.1. The summed E-state index contributed by atoms with van der Waals surface area (Å²) in [5.41, 5.74) is 4.50. The summed E-state index contributed by atoms with van der Waals surface area (Å²) < 4.78 is 5.71. The molecule has 0 bridgehead atoms. The van der Waals surface area contributed by atoms with Gasteiger partial charge in [0.25, 0.3) is 5.91 Å². The Hall–Kier alpha value is -3.40. The number of esters is 1. The molecule has 4 nitrogen and oxygen atoms in total. The molecule has 142 valence electrons. The first-order valence-corrected chi connectivity index (χ1v) is 9.15. The predicted molar refractivity (Wildman–Crippen MR) is 110 cm³/mol. The van der Waals surface area contributed by atoms with E-state index < -0.39 is 18.0 Å². The highest BCUT2D eigenvalue weighted by Crippen LogP contribution is 2.24. The van der Waals surface area contributed by atoms with E-state index in [1.54, 1.807) is 24.3 Å². The van der Waals surface area contributed by atoms with E-state index in [1.807, 2.05) is 69.3 Å². The Labute approximate surface area is 165 Å². The topological polar surface area (TPSA) is 55.4 Å². The number of para-hydroxylation sites is 1. The molecule has 0 aliphatic carbocycles. The predicted octanol–water partition coefficient (Wildman–Crippen LogP) is 5.15. The number of amides is 1. The molecule has 3 rings (SSSR count). The van der Waals surface area contributed by atoms with Gasteiger partial charge >= 0.3 is 5.97 Å². The van der Waals surface area contributed by atoms with Crippen LogP contribution in [-0.2, 0) is 9.53 Å². The fraction of sp³-hybridized carbons (Fsp3) is 0.167. The average Bonchev–Trinajstić information content (AvgIpc) is 2.66. The van der Waals surface area contributed by atoms with Gasteiger partial charge in [-0.3, -0.25) is 4.79 Å². The maximum absolute atomic E-state index is 12.9. The number of ether oxygens (including phenoxy) is 1. The summed E-state index contributed by atoms with van der Waals surface area (Å²) in [4.78, 5) is 25.9. The second-order valence-corrected chi connectivity index (χ2v) is 6.83. The van der Waals surface area contributed by atoms with Crippen LogP contribution in [0.1, 0.15) is 38.7 Å². The summed E-state index contributed by atoms with van der Waals surface area (Å²) in [6.45, 7) is 5.73. The van der Waals surface area contributed by atoms with Crippen molar-refractivity contribution in [1.82, 2.24) is 0 Å². The highest BCUT2D eigenvalue weighted by molar-refractivity contribution is 5.99. The first kappa shape index (κ1) is 19.4. The van der Waals surface area contributed by atoms with Crippen molar-refractivity contribution in [2.24, 2.45) is 0 Å². The maximum Gasteiger partial charge on any atom is 0.339 e. The van der Waals surface area contributed by atoms with Crippen LogP contribution in [0.3, 0.4) is 0 Å². The van der Waals surface area contributed by atoms with Gasteiger partial charge in [-0.1, -0.05) is 66.2 Å². The summed E-state index contributed by atoms with van der Waals surface area (Å²) in [7, 11) is 0. The highest BCUT2D eigenvalue weighted by Gasteiger charge is 2.27. The summed E-state index contributed by atoms with van der Waals surface area (Å²) in [6.07, 6.45) is -1.05. The first-order valence-electron chi connectivity index (χ1n) is 9.15. The van der Waals surface area contributed by atoms with Crippen molar-refractivity contribution < 1.29 is 14.3 Å². The molecule has 1 atom stereocenters. The van der Waals surface area contributed by atoms with E-state index in [-0.39, 0.29) is 0 Å². The number of hydrogen-bond acceptors (Lipinski definition) is 3. The minimum absolute atomic E-state index is 0.395. The quantitative estimate of drug-likeness (QED) is 0.629. The monoisotopic (exact) mass is 373 g/mol. The van der Waals surface area contributed by atoms with Crippen molar-refractivity contribution in [2.75, 3.05) is 5.32 Å². The van der Waals surface area contributed by atoms with Crippen LogP contribution in [0.25, 0.3) is 0 Å². The Kier molecular flexibility index (Phi) is 5.90. The molecule has 0 aliphatic rings. The van der Waals surface area contributed by atoms with E-state index in [0.29, 0.717) is 16.8 Å². The third-order valence-corrected chi connectivity index (χ3v) is 4.49. The number of carbonyl (C=O) groups excluding carboxylic acids is 2. The zero-order valence-electron chi connectivity index (χ0n) is 16.2. The third kappa shape index (κ3) is 4.46.